The molecule has 0 spiro atoms. The van der Waals surface area contributed by atoms with Gasteiger partial charge in [0.1, 0.15) is 15.4 Å². The average molecular weight is 314 g/mol. The highest BCUT2D eigenvalue weighted by molar-refractivity contribution is 7.19. The first-order valence-corrected chi connectivity index (χ1v) is 7.34. The molecule has 21 heavy (non-hydrogen) atoms. The van der Waals surface area contributed by atoms with Gasteiger partial charge in [0.15, 0.2) is 0 Å². The Balaban J connectivity index is 2.24. The van der Waals surface area contributed by atoms with Crippen molar-refractivity contribution in [3.63, 3.8) is 0 Å². The number of rotatable bonds is 5. The maximum absolute atomic E-state index is 11.9. The van der Waals surface area contributed by atoms with Crippen molar-refractivity contribution in [1.82, 2.24) is 0 Å². The minimum Gasteiger partial charge on any atom is -0.465 e. The fraction of sp³-hybridized carbons (Fsp3) is 0.538. The summed E-state index contributed by atoms with van der Waals surface area (Å²) >= 11 is 1.08. The number of esters is 2. The Bertz CT molecular complexity index is 537. The van der Waals surface area contributed by atoms with E-state index in [1.165, 1.54) is 14.2 Å². The first-order chi connectivity index (χ1) is 10.1. The van der Waals surface area contributed by atoms with E-state index in [0.717, 1.165) is 30.8 Å². The molecule has 7 nitrogen and oxygen atoms in total. The Morgan fingerprint density at radius 1 is 1.38 bits per heavy atom. The molecule has 0 radical (unpaired) electrons. The van der Waals surface area contributed by atoms with E-state index in [1.54, 1.807) is 0 Å². The van der Waals surface area contributed by atoms with E-state index >= 15 is 0 Å². The molecule has 1 saturated heterocycles. The van der Waals surface area contributed by atoms with E-state index in [4.69, 9.17) is 15.2 Å². The molecule has 0 aromatic carbocycles. The van der Waals surface area contributed by atoms with Gasteiger partial charge in [0.25, 0.3) is 0 Å². The summed E-state index contributed by atoms with van der Waals surface area (Å²) in [7, 11) is 2.53. The number of carbonyl (C=O) groups is 2. The van der Waals surface area contributed by atoms with Crippen molar-refractivity contribution in [2.75, 3.05) is 38.4 Å². The number of carbonyl (C=O) groups excluding carboxylic acids is 2. The third-order valence-electron chi connectivity index (χ3n) is 3.22. The second-order valence-electron chi connectivity index (χ2n) is 4.55. The van der Waals surface area contributed by atoms with Crippen molar-refractivity contribution in [2.45, 2.75) is 18.9 Å². The Morgan fingerprint density at radius 3 is 2.67 bits per heavy atom. The van der Waals surface area contributed by atoms with Crippen LogP contribution in [-0.4, -0.2) is 45.4 Å². The highest BCUT2D eigenvalue weighted by Gasteiger charge is 2.27. The third kappa shape index (κ3) is 3.27. The van der Waals surface area contributed by atoms with Gasteiger partial charge in [-0.3, -0.25) is 0 Å². The van der Waals surface area contributed by atoms with Crippen LogP contribution < -0.4 is 11.1 Å². The molecule has 1 aromatic heterocycles. The fourth-order valence-electron chi connectivity index (χ4n) is 2.13. The van der Waals surface area contributed by atoms with E-state index in [-0.39, 0.29) is 22.2 Å². The molecule has 1 atom stereocenters. The maximum Gasteiger partial charge on any atom is 0.350 e. The molecule has 3 N–H and O–H groups in total. The van der Waals surface area contributed by atoms with Crippen LogP contribution in [0.15, 0.2) is 0 Å². The lowest BCUT2D eigenvalue weighted by Crippen LogP contribution is -2.19. The lowest BCUT2D eigenvalue weighted by molar-refractivity contribution is 0.0602. The van der Waals surface area contributed by atoms with Gasteiger partial charge in [-0.1, -0.05) is 0 Å². The number of thiophene rings is 1. The van der Waals surface area contributed by atoms with Crippen LogP contribution in [0.5, 0.6) is 0 Å². The van der Waals surface area contributed by atoms with Crippen LogP contribution in [0.2, 0.25) is 0 Å². The first-order valence-electron chi connectivity index (χ1n) is 6.52. The largest absolute Gasteiger partial charge is 0.465 e. The zero-order valence-electron chi connectivity index (χ0n) is 11.9. The molecular weight excluding hydrogens is 296 g/mol. The highest BCUT2D eigenvalue weighted by atomic mass is 32.1. The second kappa shape index (κ2) is 6.77. The van der Waals surface area contributed by atoms with Crippen LogP contribution in [0.1, 0.15) is 32.9 Å². The molecule has 1 fully saturated rings. The van der Waals surface area contributed by atoms with Gasteiger partial charge in [-0.25, -0.2) is 9.59 Å². The predicted molar refractivity (Wildman–Crippen MR) is 78.9 cm³/mol. The van der Waals surface area contributed by atoms with Crippen LogP contribution in [-0.2, 0) is 14.2 Å². The molecule has 8 heteroatoms. The van der Waals surface area contributed by atoms with Crippen LogP contribution in [0.3, 0.4) is 0 Å². The summed E-state index contributed by atoms with van der Waals surface area (Å²) in [6, 6.07) is 0. The number of ether oxygens (including phenoxy) is 3. The van der Waals surface area contributed by atoms with Crippen molar-refractivity contribution in [3.05, 3.63) is 10.4 Å². The summed E-state index contributed by atoms with van der Waals surface area (Å²) in [6.07, 6.45) is 2.09. The van der Waals surface area contributed by atoms with Crippen molar-refractivity contribution in [2.24, 2.45) is 0 Å². The molecule has 2 heterocycles. The topological polar surface area (TPSA) is 99.9 Å². The summed E-state index contributed by atoms with van der Waals surface area (Å²) in [5, 5.41) is 3.61. The zero-order valence-corrected chi connectivity index (χ0v) is 12.7. The summed E-state index contributed by atoms with van der Waals surface area (Å²) < 4.78 is 14.9. The van der Waals surface area contributed by atoms with Crippen LogP contribution >= 0.6 is 11.3 Å². The number of nitrogen functional groups attached to an aromatic ring is 1. The highest BCUT2D eigenvalue weighted by Crippen LogP contribution is 2.36. The molecule has 0 aliphatic carbocycles. The SMILES string of the molecule is COC(=O)c1sc(NCC2CCCO2)c(C(=O)OC)c1N. The second-order valence-corrected chi connectivity index (χ2v) is 5.57. The van der Waals surface area contributed by atoms with Gasteiger partial charge in [0.05, 0.1) is 26.0 Å². The zero-order chi connectivity index (χ0) is 15.4. The normalized spacial score (nSPS) is 17.5. The molecule has 1 aliphatic heterocycles. The summed E-state index contributed by atoms with van der Waals surface area (Å²) in [5.74, 6) is -1.17. The number of nitrogens with two attached hydrogens (primary N) is 1. The number of methoxy groups -OCH3 is 2. The lowest BCUT2D eigenvalue weighted by atomic mass is 10.2. The standard InChI is InChI=1S/C13H18N2O5S/c1-18-12(16)8-9(14)10(13(17)19-2)21-11(8)15-6-7-4-3-5-20-7/h7,15H,3-6,14H2,1-2H3. The minimum atomic E-state index is -0.589. The molecule has 1 aliphatic rings. The molecule has 0 bridgehead atoms. The molecule has 0 saturated carbocycles. The van der Waals surface area contributed by atoms with Gasteiger partial charge < -0.3 is 25.3 Å². The average Bonchev–Trinajstić information content (AvgIpc) is 3.11. The number of nitrogens with one attached hydrogen (secondary N) is 1. The van der Waals surface area contributed by atoms with Crippen LogP contribution in [0, 0.1) is 0 Å². The molecule has 1 unspecified atom stereocenters. The van der Waals surface area contributed by atoms with Gasteiger partial charge in [0.2, 0.25) is 0 Å². The third-order valence-corrected chi connectivity index (χ3v) is 4.36. The summed E-state index contributed by atoms with van der Waals surface area (Å²) in [4.78, 5) is 23.7. The van der Waals surface area contributed by atoms with Crippen LogP contribution in [0.4, 0.5) is 10.7 Å². The Labute approximate surface area is 126 Å². The quantitative estimate of drug-likeness (QED) is 0.794. The van der Waals surface area contributed by atoms with E-state index in [9.17, 15) is 9.59 Å². The van der Waals surface area contributed by atoms with Gasteiger partial charge in [-0.15, -0.1) is 11.3 Å². The molecule has 116 valence electrons. The van der Waals surface area contributed by atoms with Crippen molar-refractivity contribution >= 4 is 34.0 Å². The van der Waals surface area contributed by atoms with Crippen LogP contribution in [0.25, 0.3) is 0 Å². The van der Waals surface area contributed by atoms with Gasteiger partial charge >= 0.3 is 11.9 Å². The van der Waals surface area contributed by atoms with E-state index in [0.29, 0.717) is 11.5 Å². The fourth-order valence-corrected chi connectivity index (χ4v) is 3.16. The lowest BCUT2D eigenvalue weighted by Gasteiger charge is -2.11. The first kappa shape index (κ1) is 15.6. The Kier molecular flexibility index (Phi) is 5.03. The molecule has 0 amide bonds. The van der Waals surface area contributed by atoms with Crippen molar-refractivity contribution in [1.29, 1.82) is 0 Å². The monoisotopic (exact) mass is 314 g/mol. The number of hydrogen-bond donors (Lipinski definition) is 2. The smallest absolute Gasteiger partial charge is 0.350 e. The number of anilines is 2. The van der Waals surface area contributed by atoms with E-state index in [2.05, 4.69) is 10.1 Å². The van der Waals surface area contributed by atoms with Gasteiger partial charge in [-0.05, 0) is 12.8 Å². The predicted octanol–water partition coefficient (Wildman–Crippen LogP) is 1.49. The summed E-state index contributed by atoms with van der Waals surface area (Å²) in [5.41, 5.74) is 6.12. The van der Waals surface area contributed by atoms with Crippen molar-refractivity contribution in [3.8, 4) is 0 Å². The summed E-state index contributed by atoms with van der Waals surface area (Å²) in [6.45, 7) is 1.29. The Morgan fingerprint density at radius 2 is 2.10 bits per heavy atom. The minimum absolute atomic E-state index is 0.0774. The van der Waals surface area contributed by atoms with E-state index < -0.39 is 11.9 Å². The molecule has 1 aromatic rings. The van der Waals surface area contributed by atoms with E-state index in [1.807, 2.05) is 0 Å². The maximum atomic E-state index is 11.9. The van der Waals surface area contributed by atoms with Gasteiger partial charge in [0, 0.05) is 13.2 Å². The van der Waals surface area contributed by atoms with Crippen molar-refractivity contribution < 1.29 is 23.8 Å². The Hall–Kier alpha value is -1.80. The molecule has 2 rings (SSSR count). The van der Waals surface area contributed by atoms with Gasteiger partial charge in [-0.2, -0.15) is 0 Å². The molecular formula is C13H18N2O5S. The number of hydrogen-bond acceptors (Lipinski definition) is 8.